The highest BCUT2D eigenvalue weighted by atomic mass is 14.9. The van der Waals surface area contributed by atoms with Crippen LogP contribution < -0.4 is 0 Å². The summed E-state index contributed by atoms with van der Waals surface area (Å²) in [6.07, 6.45) is 0. The van der Waals surface area contributed by atoms with Crippen LogP contribution in [0.5, 0.6) is 0 Å². The monoisotopic (exact) mass is 248 g/mol. The van der Waals surface area contributed by atoms with Crippen LogP contribution in [0.4, 0.5) is 0 Å². The Labute approximate surface area is 113 Å². The molecule has 0 atom stereocenters. The van der Waals surface area contributed by atoms with Crippen molar-refractivity contribution in [1.82, 2.24) is 9.97 Å². The van der Waals surface area contributed by atoms with Gasteiger partial charge in [0, 0.05) is 10.9 Å². The summed E-state index contributed by atoms with van der Waals surface area (Å²) in [5.74, 6) is 0.812. The topological polar surface area (TPSA) is 25.8 Å². The highest BCUT2D eigenvalue weighted by Gasteiger charge is 2.08. The fraction of sp³-hybridized carbons (Fsp3) is 0.176. The molecule has 0 radical (unpaired) electrons. The molecule has 1 heterocycles. The van der Waals surface area contributed by atoms with Crippen LogP contribution in [-0.2, 0) is 0 Å². The summed E-state index contributed by atoms with van der Waals surface area (Å²) < 4.78 is 0. The lowest BCUT2D eigenvalue weighted by Gasteiger charge is -2.08. The van der Waals surface area contributed by atoms with E-state index in [1.165, 1.54) is 11.1 Å². The van der Waals surface area contributed by atoms with Crippen molar-refractivity contribution in [2.75, 3.05) is 0 Å². The maximum atomic E-state index is 4.63. The van der Waals surface area contributed by atoms with Crippen molar-refractivity contribution >= 4 is 10.9 Å². The van der Waals surface area contributed by atoms with E-state index in [0.717, 1.165) is 28.0 Å². The van der Waals surface area contributed by atoms with E-state index in [0.29, 0.717) is 0 Å². The van der Waals surface area contributed by atoms with Crippen molar-refractivity contribution in [3.05, 3.63) is 59.4 Å². The number of nitrogens with zero attached hydrogens (tertiary/aromatic N) is 2. The van der Waals surface area contributed by atoms with Crippen LogP contribution in [0.3, 0.4) is 0 Å². The SMILES string of the molecule is Cc1ccc(-c2nc(C)nc3ccc(C)cc23)cc1. The molecule has 0 saturated heterocycles. The highest BCUT2D eigenvalue weighted by molar-refractivity contribution is 5.92. The molecule has 0 aliphatic rings. The lowest BCUT2D eigenvalue weighted by molar-refractivity contribution is 1.09. The third-order valence-corrected chi connectivity index (χ3v) is 3.29. The van der Waals surface area contributed by atoms with Gasteiger partial charge >= 0.3 is 0 Å². The number of aryl methyl sites for hydroxylation is 3. The number of aromatic nitrogens is 2. The van der Waals surface area contributed by atoms with Crippen molar-refractivity contribution in [1.29, 1.82) is 0 Å². The van der Waals surface area contributed by atoms with Gasteiger partial charge in [-0.1, -0.05) is 41.5 Å². The predicted octanol–water partition coefficient (Wildman–Crippen LogP) is 4.22. The highest BCUT2D eigenvalue weighted by Crippen LogP contribution is 2.27. The average Bonchev–Trinajstić information content (AvgIpc) is 2.39. The van der Waals surface area contributed by atoms with Gasteiger partial charge in [-0.25, -0.2) is 9.97 Å². The molecule has 19 heavy (non-hydrogen) atoms. The average molecular weight is 248 g/mol. The van der Waals surface area contributed by atoms with Crippen LogP contribution in [0, 0.1) is 20.8 Å². The number of hydrogen-bond acceptors (Lipinski definition) is 2. The van der Waals surface area contributed by atoms with Crippen molar-refractivity contribution in [3.8, 4) is 11.3 Å². The summed E-state index contributed by atoms with van der Waals surface area (Å²) in [4.78, 5) is 9.14. The van der Waals surface area contributed by atoms with Crippen LogP contribution in [0.25, 0.3) is 22.2 Å². The van der Waals surface area contributed by atoms with E-state index in [-0.39, 0.29) is 0 Å². The van der Waals surface area contributed by atoms with Gasteiger partial charge in [-0.15, -0.1) is 0 Å². The second kappa shape index (κ2) is 4.47. The molecule has 0 aliphatic heterocycles. The first-order valence-electron chi connectivity index (χ1n) is 6.45. The molecule has 0 N–H and O–H groups in total. The first kappa shape index (κ1) is 11.8. The smallest absolute Gasteiger partial charge is 0.126 e. The van der Waals surface area contributed by atoms with E-state index in [9.17, 15) is 0 Å². The Kier molecular flexibility index (Phi) is 2.79. The number of benzene rings is 2. The molecule has 2 nitrogen and oxygen atoms in total. The minimum absolute atomic E-state index is 0.812. The molecule has 3 aromatic rings. The Hall–Kier alpha value is -2.22. The third-order valence-electron chi connectivity index (χ3n) is 3.29. The Morgan fingerprint density at radius 2 is 1.42 bits per heavy atom. The number of hydrogen-bond donors (Lipinski definition) is 0. The molecule has 0 fully saturated rings. The minimum Gasteiger partial charge on any atom is -0.233 e. The van der Waals surface area contributed by atoms with E-state index in [2.05, 4.69) is 66.3 Å². The molecule has 0 spiro atoms. The quantitative estimate of drug-likeness (QED) is 0.644. The molecule has 1 aromatic heterocycles. The zero-order valence-corrected chi connectivity index (χ0v) is 11.4. The van der Waals surface area contributed by atoms with E-state index in [1.807, 2.05) is 6.92 Å². The Morgan fingerprint density at radius 1 is 0.737 bits per heavy atom. The minimum atomic E-state index is 0.812. The van der Waals surface area contributed by atoms with Gasteiger partial charge in [0.2, 0.25) is 0 Å². The van der Waals surface area contributed by atoms with Crippen LogP contribution in [-0.4, -0.2) is 9.97 Å². The van der Waals surface area contributed by atoms with Gasteiger partial charge in [-0.2, -0.15) is 0 Å². The van der Waals surface area contributed by atoms with Crippen LogP contribution in [0.1, 0.15) is 17.0 Å². The maximum Gasteiger partial charge on any atom is 0.126 e. The van der Waals surface area contributed by atoms with E-state index >= 15 is 0 Å². The van der Waals surface area contributed by atoms with Crippen molar-refractivity contribution in [3.63, 3.8) is 0 Å². The first-order chi connectivity index (χ1) is 9.13. The van der Waals surface area contributed by atoms with Gasteiger partial charge in [0.05, 0.1) is 11.2 Å². The van der Waals surface area contributed by atoms with Crippen molar-refractivity contribution in [2.24, 2.45) is 0 Å². The molecular formula is C17H16N2. The molecule has 3 rings (SSSR count). The zero-order valence-electron chi connectivity index (χ0n) is 11.4. The fourth-order valence-corrected chi connectivity index (χ4v) is 2.29. The first-order valence-corrected chi connectivity index (χ1v) is 6.45. The van der Waals surface area contributed by atoms with Crippen LogP contribution in [0.15, 0.2) is 42.5 Å². The third kappa shape index (κ3) is 2.22. The summed E-state index contributed by atoms with van der Waals surface area (Å²) in [6, 6.07) is 14.8. The second-order valence-corrected chi connectivity index (χ2v) is 5.01. The van der Waals surface area contributed by atoms with Gasteiger partial charge in [-0.05, 0) is 32.9 Å². The van der Waals surface area contributed by atoms with Gasteiger partial charge in [0.1, 0.15) is 5.82 Å². The predicted molar refractivity (Wildman–Crippen MR) is 79.2 cm³/mol. The second-order valence-electron chi connectivity index (χ2n) is 5.01. The van der Waals surface area contributed by atoms with Crippen LogP contribution >= 0.6 is 0 Å². The molecular weight excluding hydrogens is 232 g/mol. The van der Waals surface area contributed by atoms with Crippen LogP contribution in [0.2, 0.25) is 0 Å². The normalized spacial score (nSPS) is 10.9. The lowest BCUT2D eigenvalue weighted by atomic mass is 10.0. The van der Waals surface area contributed by atoms with Gasteiger partial charge in [0.25, 0.3) is 0 Å². The van der Waals surface area contributed by atoms with E-state index in [1.54, 1.807) is 0 Å². The Morgan fingerprint density at radius 3 is 2.16 bits per heavy atom. The van der Waals surface area contributed by atoms with Gasteiger partial charge in [-0.3, -0.25) is 0 Å². The molecule has 0 bridgehead atoms. The number of fused-ring (bicyclic) bond motifs is 1. The number of rotatable bonds is 1. The molecule has 94 valence electrons. The molecule has 0 amide bonds. The Balaban J connectivity index is 2.32. The van der Waals surface area contributed by atoms with Gasteiger partial charge < -0.3 is 0 Å². The summed E-state index contributed by atoms with van der Waals surface area (Å²) in [5, 5.41) is 1.12. The standard InChI is InChI=1S/C17H16N2/c1-11-4-7-14(8-5-11)17-15-10-12(2)6-9-16(15)18-13(3)19-17/h4-10H,1-3H3. The molecule has 0 unspecified atom stereocenters. The van der Waals surface area contributed by atoms with E-state index in [4.69, 9.17) is 0 Å². The largest absolute Gasteiger partial charge is 0.233 e. The molecule has 0 aliphatic carbocycles. The molecule has 2 heteroatoms. The maximum absolute atomic E-state index is 4.63. The van der Waals surface area contributed by atoms with Crippen molar-refractivity contribution < 1.29 is 0 Å². The zero-order chi connectivity index (χ0) is 13.4. The van der Waals surface area contributed by atoms with Crippen molar-refractivity contribution in [2.45, 2.75) is 20.8 Å². The molecule has 0 saturated carbocycles. The van der Waals surface area contributed by atoms with E-state index < -0.39 is 0 Å². The molecule has 2 aromatic carbocycles. The summed E-state index contributed by atoms with van der Waals surface area (Å²) in [6.45, 7) is 6.13. The summed E-state index contributed by atoms with van der Waals surface area (Å²) in [7, 11) is 0. The van der Waals surface area contributed by atoms with Gasteiger partial charge in [0.15, 0.2) is 0 Å². The fourth-order valence-electron chi connectivity index (χ4n) is 2.29. The summed E-state index contributed by atoms with van der Waals surface area (Å²) in [5.41, 5.74) is 5.66. The summed E-state index contributed by atoms with van der Waals surface area (Å²) >= 11 is 0. The lowest BCUT2D eigenvalue weighted by Crippen LogP contribution is -1.94. The Bertz CT molecular complexity index is 743.